The van der Waals surface area contributed by atoms with Gasteiger partial charge in [0.25, 0.3) is 0 Å². The Morgan fingerprint density at radius 1 is 1.21 bits per heavy atom. The van der Waals surface area contributed by atoms with Gasteiger partial charge in [-0.3, -0.25) is 0 Å². The van der Waals surface area contributed by atoms with E-state index in [0.717, 1.165) is 11.3 Å². The van der Waals surface area contributed by atoms with E-state index in [1.807, 2.05) is 0 Å². The molecule has 0 radical (unpaired) electrons. The van der Waals surface area contributed by atoms with Crippen LogP contribution in [0.2, 0.25) is 0 Å². The van der Waals surface area contributed by atoms with Gasteiger partial charge in [-0.05, 0) is 43.5 Å². The summed E-state index contributed by atoms with van der Waals surface area (Å²) in [6, 6.07) is 4.28. The summed E-state index contributed by atoms with van der Waals surface area (Å²) < 4.78 is 5.71. The number of benzene rings is 1. The van der Waals surface area contributed by atoms with Crippen molar-refractivity contribution in [3.05, 3.63) is 34.6 Å². The molecule has 0 unspecified atom stereocenters. The molecule has 0 atom stereocenters. The Morgan fingerprint density at radius 2 is 1.93 bits per heavy atom. The molecule has 0 aliphatic rings. The van der Waals surface area contributed by atoms with Crippen LogP contribution < -0.4 is 5.73 Å². The third kappa shape index (κ3) is 1.23. The number of fused-ring (bicyclic) bond motifs is 1. The lowest BCUT2D eigenvalue weighted by Crippen LogP contribution is -1.95. The Balaban J connectivity index is 2.85. The minimum absolute atomic E-state index is 0.471. The smallest absolute Gasteiger partial charge is 0.137 e. The normalized spacial score (nSPS) is 11.1. The molecule has 0 aliphatic heterocycles. The highest BCUT2D eigenvalue weighted by Gasteiger charge is 2.10. The van der Waals surface area contributed by atoms with Gasteiger partial charge in [0.05, 0.1) is 6.54 Å². The number of nitrogens with two attached hydrogens (primary N) is 1. The van der Waals surface area contributed by atoms with Crippen molar-refractivity contribution >= 4 is 11.0 Å². The zero-order chi connectivity index (χ0) is 10.3. The average Bonchev–Trinajstić information content (AvgIpc) is 2.44. The summed E-state index contributed by atoms with van der Waals surface area (Å²) in [5, 5.41) is 1.20. The van der Waals surface area contributed by atoms with Gasteiger partial charge in [-0.15, -0.1) is 0 Å². The molecule has 0 amide bonds. The highest BCUT2D eigenvalue weighted by atomic mass is 16.3. The van der Waals surface area contributed by atoms with Gasteiger partial charge < -0.3 is 10.2 Å². The van der Waals surface area contributed by atoms with Crippen LogP contribution in [-0.2, 0) is 6.54 Å². The number of furan rings is 1. The van der Waals surface area contributed by atoms with Crippen LogP contribution >= 0.6 is 0 Å². The third-order valence-corrected chi connectivity index (χ3v) is 2.65. The Kier molecular flexibility index (Phi) is 2.08. The van der Waals surface area contributed by atoms with Crippen LogP contribution in [0.1, 0.15) is 22.5 Å². The molecule has 2 rings (SSSR count). The summed E-state index contributed by atoms with van der Waals surface area (Å²) in [5.41, 5.74) is 10.2. The van der Waals surface area contributed by atoms with Crippen molar-refractivity contribution in [3.8, 4) is 0 Å². The Hall–Kier alpha value is -1.28. The number of hydrogen-bond donors (Lipinski definition) is 1. The molecule has 0 spiro atoms. The van der Waals surface area contributed by atoms with Crippen LogP contribution in [0, 0.1) is 20.8 Å². The van der Waals surface area contributed by atoms with Crippen LogP contribution in [0.3, 0.4) is 0 Å². The molecular formula is C12H15NO. The zero-order valence-electron chi connectivity index (χ0n) is 8.85. The maximum absolute atomic E-state index is 5.71. The first-order valence-electron chi connectivity index (χ1n) is 4.82. The van der Waals surface area contributed by atoms with E-state index in [1.165, 1.54) is 22.1 Å². The van der Waals surface area contributed by atoms with Crippen molar-refractivity contribution < 1.29 is 4.42 Å². The van der Waals surface area contributed by atoms with E-state index in [2.05, 4.69) is 32.9 Å². The van der Waals surface area contributed by atoms with E-state index >= 15 is 0 Å². The first-order chi connectivity index (χ1) is 6.63. The molecule has 14 heavy (non-hydrogen) atoms. The fourth-order valence-electron chi connectivity index (χ4n) is 1.91. The average molecular weight is 189 g/mol. The molecule has 74 valence electrons. The van der Waals surface area contributed by atoms with Crippen molar-refractivity contribution in [1.29, 1.82) is 0 Å². The lowest BCUT2D eigenvalue weighted by atomic mass is 10.1. The molecular weight excluding hydrogens is 174 g/mol. The molecule has 2 N–H and O–H groups in total. The van der Waals surface area contributed by atoms with Gasteiger partial charge in [0.15, 0.2) is 0 Å². The SMILES string of the molecule is Cc1cc(C)c2oc(CN)c(C)c2c1. The second-order valence-electron chi connectivity index (χ2n) is 3.81. The van der Waals surface area contributed by atoms with Crippen molar-refractivity contribution in [3.63, 3.8) is 0 Å². The predicted molar refractivity (Wildman–Crippen MR) is 58.3 cm³/mol. The van der Waals surface area contributed by atoms with Gasteiger partial charge >= 0.3 is 0 Å². The molecule has 1 aromatic carbocycles. The second-order valence-corrected chi connectivity index (χ2v) is 3.81. The Bertz CT molecular complexity index is 483. The number of aryl methyl sites for hydroxylation is 3. The summed E-state index contributed by atoms with van der Waals surface area (Å²) >= 11 is 0. The van der Waals surface area contributed by atoms with Gasteiger partial charge in [0, 0.05) is 5.39 Å². The first-order valence-corrected chi connectivity index (χ1v) is 4.82. The van der Waals surface area contributed by atoms with Gasteiger partial charge in [-0.1, -0.05) is 6.07 Å². The standard InChI is InChI=1S/C12H15NO/c1-7-4-8(2)12-10(5-7)9(3)11(6-13)14-12/h4-5H,6,13H2,1-3H3. The summed E-state index contributed by atoms with van der Waals surface area (Å²) in [6.07, 6.45) is 0. The van der Waals surface area contributed by atoms with Crippen LogP contribution in [0.5, 0.6) is 0 Å². The molecule has 0 saturated carbocycles. The quantitative estimate of drug-likeness (QED) is 0.749. The van der Waals surface area contributed by atoms with E-state index in [0.29, 0.717) is 6.54 Å². The summed E-state index contributed by atoms with van der Waals surface area (Å²) in [7, 11) is 0. The highest BCUT2D eigenvalue weighted by molar-refractivity contribution is 5.85. The van der Waals surface area contributed by atoms with Crippen LogP contribution in [-0.4, -0.2) is 0 Å². The fourth-order valence-corrected chi connectivity index (χ4v) is 1.91. The van der Waals surface area contributed by atoms with E-state index in [4.69, 9.17) is 10.2 Å². The number of hydrogen-bond acceptors (Lipinski definition) is 2. The van der Waals surface area contributed by atoms with E-state index in [9.17, 15) is 0 Å². The molecule has 0 fully saturated rings. The lowest BCUT2D eigenvalue weighted by Gasteiger charge is -1.97. The maximum atomic E-state index is 5.71. The first kappa shape index (κ1) is 9.28. The minimum atomic E-state index is 0.471. The number of rotatable bonds is 1. The van der Waals surface area contributed by atoms with Crippen LogP contribution in [0.15, 0.2) is 16.5 Å². The Morgan fingerprint density at radius 3 is 2.57 bits per heavy atom. The monoisotopic (exact) mass is 189 g/mol. The van der Waals surface area contributed by atoms with Gasteiger partial charge in [0.1, 0.15) is 11.3 Å². The third-order valence-electron chi connectivity index (χ3n) is 2.65. The molecule has 2 heteroatoms. The predicted octanol–water partition coefficient (Wildman–Crippen LogP) is 2.82. The summed E-state index contributed by atoms with van der Waals surface area (Å²) in [4.78, 5) is 0. The molecule has 2 aromatic rings. The maximum Gasteiger partial charge on any atom is 0.137 e. The van der Waals surface area contributed by atoms with Crippen molar-refractivity contribution in [2.24, 2.45) is 5.73 Å². The van der Waals surface area contributed by atoms with Crippen LogP contribution in [0.4, 0.5) is 0 Å². The fraction of sp³-hybridized carbons (Fsp3) is 0.333. The van der Waals surface area contributed by atoms with E-state index < -0.39 is 0 Å². The van der Waals surface area contributed by atoms with Crippen molar-refractivity contribution in [2.75, 3.05) is 0 Å². The second kappa shape index (κ2) is 3.14. The van der Waals surface area contributed by atoms with Gasteiger partial charge in [-0.25, -0.2) is 0 Å². The van der Waals surface area contributed by atoms with Crippen LogP contribution in [0.25, 0.3) is 11.0 Å². The summed E-state index contributed by atoms with van der Waals surface area (Å²) in [6.45, 7) is 6.70. The molecule has 0 saturated heterocycles. The Labute approximate surface area is 83.7 Å². The molecule has 2 nitrogen and oxygen atoms in total. The van der Waals surface area contributed by atoms with E-state index in [-0.39, 0.29) is 0 Å². The highest BCUT2D eigenvalue weighted by Crippen LogP contribution is 2.28. The zero-order valence-corrected chi connectivity index (χ0v) is 8.85. The van der Waals surface area contributed by atoms with Crippen molar-refractivity contribution in [2.45, 2.75) is 27.3 Å². The molecule has 0 aliphatic carbocycles. The topological polar surface area (TPSA) is 39.2 Å². The summed E-state index contributed by atoms with van der Waals surface area (Å²) in [5.74, 6) is 0.897. The van der Waals surface area contributed by atoms with Gasteiger partial charge in [0.2, 0.25) is 0 Å². The molecule has 1 heterocycles. The van der Waals surface area contributed by atoms with E-state index in [1.54, 1.807) is 0 Å². The van der Waals surface area contributed by atoms with Crippen molar-refractivity contribution in [1.82, 2.24) is 0 Å². The largest absolute Gasteiger partial charge is 0.459 e. The minimum Gasteiger partial charge on any atom is -0.459 e. The van der Waals surface area contributed by atoms with Gasteiger partial charge in [-0.2, -0.15) is 0 Å². The lowest BCUT2D eigenvalue weighted by molar-refractivity contribution is 0.547. The molecule has 0 bridgehead atoms. The molecule has 1 aromatic heterocycles.